The molecule has 19 heavy (non-hydrogen) atoms. The van der Waals surface area contributed by atoms with E-state index in [0.29, 0.717) is 16.7 Å². The summed E-state index contributed by atoms with van der Waals surface area (Å²) >= 11 is 6.30. The van der Waals surface area contributed by atoms with Gasteiger partial charge in [-0.3, -0.25) is 0 Å². The van der Waals surface area contributed by atoms with E-state index in [2.05, 4.69) is 24.9 Å². The van der Waals surface area contributed by atoms with Gasteiger partial charge in [0.25, 0.3) is 0 Å². The first-order valence-electron chi connectivity index (χ1n) is 6.51. The van der Waals surface area contributed by atoms with E-state index in [1.165, 1.54) is 0 Å². The highest BCUT2D eigenvalue weighted by atomic mass is 35.5. The van der Waals surface area contributed by atoms with Crippen molar-refractivity contribution < 1.29 is 9.53 Å². The SMILES string of the molecule is COc1c(Cl)cc(C(C)C)cc1C1(N=C=O)CCC1. The summed E-state index contributed by atoms with van der Waals surface area (Å²) in [6, 6.07) is 3.99. The zero-order valence-electron chi connectivity index (χ0n) is 11.5. The standard InChI is InChI=1S/C15H18ClNO2/c1-10(2)11-7-12(14(19-3)13(16)8-11)15(17-9-18)5-4-6-15/h7-8,10H,4-6H2,1-3H3. The Balaban J connectivity index is 2.62. The van der Waals surface area contributed by atoms with E-state index in [1.807, 2.05) is 6.07 Å². The third kappa shape index (κ3) is 2.41. The normalized spacial score (nSPS) is 16.7. The zero-order chi connectivity index (χ0) is 14.0. The molecule has 0 radical (unpaired) electrons. The number of ether oxygens (including phenoxy) is 1. The van der Waals surface area contributed by atoms with Crippen LogP contribution in [0.3, 0.4) is 0 Å². The van der Waals surface area contributed by atoms with Gasteiger partial charge >= 0.3 is 0 Å². The summed E-state index contributed by atoms with van der Waals surface area (Å²) in [6.07, 6.45) is 4.45. The Morgan fingerprint density at radius 2 is 2.11 bits per heavy atom. The lowest BCUT2D eigenvalue weighted by Crippen LogP contribution is -2.32. The van der Waals surface area contributed by atoms with Crippen LogP contribution < -0.4 is 4.74 Å². The predicted molar refractivity (Wildman–Crippen MR) is 75.7 cm³/mol. The molecule has 1 fully saturated rings. The van der Waals surface area contributed by atoms with E-state index < -0.39 is 5.54 Å². The Morgan fingerprint density at radius 3 is 2.53 bits per heavy atom. The molecule has 102 valence electrons. The highest BCUT2D eigenvalue weighted by Crippen LogP contribution is 2.50. The number of hydrogen-bond acceptors (Lipinski definition) is 3. The van der Waals surface area contributed by atoms with Crippen molar-refractivity contribution in [1.82, 2.24) is 0 Å². The molecule has 0 amide bonds. The van der Waals surface area contributed by atoms with E-state index in [0.717, 1.165) is 30.4 Å². The van der Waals surface area contributed by atoms with Crippen molar-refractivity contribution in [2.45, 2.75) is 44.6 Å². The van der Waals surface area contributed by atoms with Gasteiger partial charge in [-0.05, 0) is 42.9 Å². The number of benzene rings is 1. The van der Waals surface area contributed by atoms with Gasteiger partial charge in [-0.25, -0.2) is 4.79 Å². The van der Waals surface area contributed by atoms with Crippen molar-refractivity contribution in [2.75, 3.05) is 7.11 Å². The van der Waals surface area contributed by atoms with Crippen molar-refractivity contribution in [3.63, 3.8) is 0 Å². The molecule has 0 spiro atoms. The molecule has 1 saturated carbocycles. The van der Waals surface area contributed by atoms with Crippen LogP contribution >= 0.6 is 11.6 Å². The van der Waals surface area contributed by atoms with Gasteiger partial charge in [0.15, 0.2) is 0 Å². The molecule has 1 aromatic rings. The molecular weight excluding hydrogens is 262 g/mol. The average molecular weight is 280 g/mol. The molecule has 0 atom stereocenters. The number of isocyanates is 1. The number of nitrogens with zero attached hydrogens (tertiary/aromatic N) is 1. The van der Waals surface area contributed by atoms with Crippen LogP contribution in [-0.2, 0) is 10.3 Å². The van der Waals surface area contributed by atoms with Gasteiger partial charge in [-0.2, -0.15) is 4.99 Å². The third-order valence-corrected chi connectivity index (χ3v) is 4.16. The molecule has 0 unspecified atom stereocenters. The van der Waals surface area contributed by atoms with Crippen molar-refractivity contribution in [1.29, 1.82) is 0 Å². The molecule has 0 bridgehead atoms. The van der Waals surface area contributed by atoms with Gasteiger partial charge in [0, 0.05) is 5.56 Å². The zero-order valence-corrected chi connectivity index (χ0v) is 12.3. The molecule has 4 heteroatoms. The summed E-state index contributed by atoms with van der Waals surface area (Å²) in [5, 5.41) is 0.580. The lowest BCUT2D eigenvalue weighted by atomic mass is 9.71. The van der Waals surface area contributed by atoms with Gasteiger partial charge in [-0.1, -0.05) is 25.4 Å². The van der Waals surface area contributed by atoms with Gasteiger partial charge in [0.05, 0.1) is 12.1 Å². The van der Waals surface area contributed by atoms with Crippen molar-refractivity contribution in [3.8, 4) is 5.75 Å². The Kier molecular flexibility index (Phi) is 3.98. The predicted octanol–water partition coefficient (Wildman–Crippen LogP) is 4.19. The summed E-state index contributed by atoms with van der Waals surface area (Å²) in [7, 11) is 1.59. The number of hydrogen-bond donors (Lipinski definition) is 0. The van der Waals surface area contributed by atoms with Gasteiger partial charge in [0.2, 0.25) is 6.08 Å². The van der Waals surface area contributed by atoms with Crippen LogP contribution in [0.2, 0.25) is 5.02 Å². The summed E-state index contributed by atoms with van der Waals surface area (Å²) in [5.74, 6) is 0.990. The molecule has 1 aliphatic rings. The summed E-state index contributed by atoms with van der Waals surface area (Å²) in [6.45, 7) is 4.22. The molecule has 0 aromatic heterocycles. The Morgan fingerprint density at radius 1 is 1.42 bits per heavy atom. The van der Waals surface area contributed by atoms with E-state index in [-0.39, 0.29) is 0 Å². The van der Waals surface area contributed by atoms with E-state index in [9.17, 15) is 4.79 Å². The molecule has 0 heterocycles. The maximum Gasteiger partial charge on any atom is 0.235 e. The van der Waals surface area contributed by atoms with Crippen LogP contribution in [0.25, 0.3) is 0 Å². The molecule has 1 aliphatic carbocycles. The number of aliphatic imine (C=N–C) groups is 1. The number of halogens is 1. The fraction of sp³-hybridized carbons (Fsp3) is 0.533. The smallest absolute Gasteiger partial charge is 0.235 e. The number of rotatable bonds is 4. The Labute approximate surface area is 118 Å². The molecule has 0 saturated heterocycles. The topological polar surface area (TPSA) is 38.7 Å². The third-order valence-electron chi connectivity index (χ3n) is 3.88. The largest absolute Gasteiger partial charge is 0.495 e. The lowest BCUT2D eigenvalue weighted by Gasteiger charge is -2.38. The fourth-order valence-electron chi connectivity index (χ4n) is 2.54. The van der Waals surface area contributed by atoms with E-state index in [4.69, 9.17) is 16.3 Å². The summed E-state index contributed by atoms with van der Waals surface area (Å²) in [4.78, 5) is 14.8. The van der Waals surface area contributed by atoms with Crippen molar-refractivity contribution in [3.05, 3.63) is 28.3 Å². The minimum Gasteiger partial charge on any atom is -0.495 e. The lowest BCUT2D eigenvalue weighted by molar-refractivity contribution is 0.246. The average Bonchev–Trinajstić information content (AvgIpc) is 2.32. The number of carbonyl (C=O) groups excluding carboxylic acids is 1. The first-order chi connectivity index (χ1) is 9.04. The molecular formula is C15H18ClNO2. The molecule has 2 rings (SSSR count). The van der Waals surface area contributed by atoms with E-state index >= 15 is 0 Å². The minimum atomic E-state index is -0.484. The summed E-state index contributed by atoms with van der Waals surface area (Å²) < 4.78 is 5.42. The summed E-state index contributed by atoms with van der Waals surface area (Å²) in [5.41, 5.74) is 1.57. The first-order valence-corrected chi connectivity index (χ1v) is 6.89. The van der Waals surface area contributed by atoms with Gasteiger partial charge in [0.1, 0.15) is 11.3 Å². The van der Waals surface area contributed by atoms with Crippen molar-refractivity contribution >= 4 is 17.7 Å². The second-order valence-electron chi connectivity index (χ2n) is 5.33. The minimum absolute atomic E-state index is 0.361. The van der Waals surface area contributed by atoms with Crippen LogP contribution in [0, 0.1) is 0 Å². The van der Waals surface area contributed by atoms with Crippen LogP contribution in [0.1, 0.15) is 50.2 Å². The monoisotopic (exact) mass is 279 g/mol. The highest BCUT2D eigenvalue weighted by molar-refractivity contribution is 6.32. The van der Waals surface area contributed by atoms with Crippen LogP contribution in [0.5, 0.6) is 5.75 Å². The second kappa shape index (κ2) is 5.36. The molecule has 1 aromatic carbocycles. The van der Waals surface area contributed by atoms with E-state index in [1.54, 1.807) is 13.2 Å². The van der Waals surface area contributed by atoms with Crippen LogP contribution in [0.4, 0.5) is 0 Å². The van der Waals surface area contributed by atoms with Crippen molar-refractivity contribution in [2.24, 2.45) is 4.99 Å². The Hall–Kier alpha value is -1.31. The van der Waals surface area contributed by atoms with Crippen LogP contribution in [0.15, 0.2) is 17.1 Å². The maximum atomic E-state index is 10.7. The molecule has 3 nitrogen and oxygen atoms in total. The fourth-order valence-corrected chi connectivity index (χ4v) is 2.85. The first kappa shape index (κ1) is 14.1. The second-order valence-corrected chi connectivity index (χ2v) is 5.73. The Bertz CT molecular complexity index is 529. The maximum absolute atomic E-state index is 10.7. The molecule has 0 aliphatic heterocycles. The highest BCUT2D eigenvalue weighted by Gasteiger charge is 2.42. The quantitative estimate of drug-likeness (QED) is 0.612. The van der Waals surface area contributed by atoms with Gasteiger partial charge < -0.3 is 4.74 Å². The van der Waals surface area contributed by atoms with Crippen LogP contribution in [-0.4, -0.2) is 13.2 Å². The van der Waals surface area contributed by atoms with Gasteiger partial charge in [-0.15, -0.1) is 0 Å². The number of methoxy groups -OCH3 is 1. The molecule has 0 N–H and O–H groups in total.